The number of esters is 1. The first-order chi connectivity index (χ1) is 14.7. The minimum Gasteiger partial charge on any atom is -0.493 e. The molecule has 0 atom stereocenters. The van der Waals surface area contributed by atoms with Crippen LogP contribution in [-0.2, 0) is 6.42 Å². The average molecular weight is 413 g/mol. The number of hydrogen-bond acceptors (Lipinski definition) is 3. The van der Waals surface area contributed by atoms with Crippen LogP contribution in [0.2, 0.25) is 0 Å². The van der Waals surface area contributed by atoms with E-state index in [9.17, 15) is 9.18 Å². The highest BCUT2D eigenvalue weighted by molar-refractivity contribution is 5.91. The Labute approximate surface area is 179 Å². The van der Waals surface area contributed by atoms with Crippen LogP contribution in [0, 0.1) is 11.7 Å². The molecule has 162 valence electrons. The summed E-state index contributed by atoms with van der Waals surface area (Å²) in [6.07, 6.45) is 12.2. The van der Waals surface area contributed by atoms with Crippen molar-refractivity contribution in [1.29, 1.82) is 0 Å². The average Bonchev–Trinajstić information content (AvgIpc) is 2.77. The Hall–Kier alpha value is -2.36. The largest absolute Gasteiger partial charge is 0.493 e. The summed E-state index contributed by atoms with van der Waals surface area (Å²) in [6.45, 7) is 2.66. The van der Waals surface area contributed by atoms with Crippen LogP contribution >= 0.6 is 0 Å². The van der Waals surface area contributed by atoms with Gasteiger partial charge in [0.25, 0.3) is 0 Å². The fourth-order valence-corrected chi connectivity index (χ4v) is 4.03. The lowest BCUT2D eigenvalue weighted by Crippen LogP contribution is -2.11. The van der Waals surface area contributed by atoms with Crippen LogP contribution in [0.15, 0.2) is 42.5 Å². The number of aryl methyl sites for hydroxylation is 1. The van der Waals surface area contributed by atoms with E-state index in [4.69, 9.17) is 9.47 Å². The second-order valence-corrected chi connectivity index (χ2v) is 8.27. The van der Waals surface area contributed by atoms with Gasteiger partial charge in [-0.1, -0.05) is 64.0 Å². The second-order valence-electron chi connectivity index (χ2n) is 8.27. The van der Waals surface area contributed by atoms with E-state index in [1.165, 1.54) is 56.2 Å². The number of benzene rings is 2. The van der Waals surface area contributed by atoms with Gasteiger partial charge in [-0.15, -0.1) is 0 Å². The number of hydrogen-bond donors (Lipinski definition) is 0. The minimum absolute atomic E-state index is 0.0858. The van der Waals surface area contributed by atoms with Crippen molar-refractivity contribution >= 4 is 5.97 Å². The molecule has 1 saturated carbocycles. The molecule has 2 aromatic rings. The van der Waals surface area contributed by atoms with E-state index in [1.807, 2.05) is 12.1 Å². The lowest BCUT2D eigenvalue weighted by atomic mass is 9.85. The topological polar surface area (TPSA) is 35.5 Å². The lowest BCUT2D eigenvalue weighted by Gasteiger charge is -2.21. The second kappa shape index (κ2) is 11.7. The Morgan fingerprint density at radius 1 is 1.00 bits per heavy atom. The van der Waals surface area contributed by atoms with E-state index in [0.29, 0.717) is 18.1 Å². The molecule has 0 heterocycles. The third-order valence-electron chi connectivity index (χ3n) is 5.88. The highest BCUT2D eigenvalue weighted by Crippen LogP contribution is 2.28. The number of ether oxygens (including phenoxy) is 2. The van der Waals surface area contributed by atoms with E-state index in [-0.39, 0.29) is 5.56 Å². The fourth-order valence-electron chi connectivity index (χ4n) is 4.03. The number of halogens is 1. The van der Waals surface area contributed by atoms with Gasteiger partial charge in [-0.25, -0.2) is 9.18 Å². The van der Waals surface area contributed by atoms with Crippen molar-refractivity contribution in [3.8, 4) is 11.5 Å². The summed E-state index contributed by atoms with van der Waals surface area (Å²) < 4.78 is 25.2. The zero-order chi connectivity index (χ0) is 21.2. The Balaban J connectivity index is 1.50. The minimum atomic E-state index is -0.694. The van der Waals surface area contributed by atoms with Crippen molar-refractivity contribution in [2.24, 2.45) is 5.92 Å². The summed E-state index contributed by atoms with van der Waals surface area (Å²) in [5.74, 6) is 0.387. The monoisotopic (exact) mass is 412 g/mol. The Bertz CT molecular complexity index is 794. The molecule has 2 aromatic carbocycles. The summed E-state index contributed by atoms with van der Waals surface area (Å²) in [6, 6.07) is 11.8. The molecule has 3 nitrogen and oxygen atoms in total. The van der Waals surface area contributed by atoms with Crippen molar-refractivity contribution in [1.82, 2.24) is 0 Å². The van der Waals surface area contributed by atoms with Crippen LogP contribution in [0.1, 0.15) is 80.6 Å². The van der Waals surface area contributed by atoms with E-state index in [0.717, 1.165) is 31.6 Å². The van der Waals surface area contributed by atoms with Crippen LogP contribution in [0.5, 0.6) is 11.5 Å². The molecule has 0 bridgehead atoms. The molecule has 0 saturated heterocycles. The van der Waals surface area contributed by atoms with Crippen LogP contribution in [0.25, 0.3) is 0 Å². The van der Waals surface area contributed by atoms with Crippen LogP contribution in [-0.4, -0.2) is 12.6 Å². The fraction of sp³-hybridized carbons (Fsp3) is 0.500. The third-order valence-corrected chi connectivity index (χ3v) is 5.88. The smallest absolute Gasteiger partial charge is 0.346 e. The number of unbranched alkanes of at least 4 members (excludes halogenated alkanes) is 2. The molecule has 30 heavy (non-hydrogen) atoms. The number of carbonyl (C=O) groups is 1. The molecular formula is C26H33FO3. The summed E-state index contributed by atoms with van der Waals surface area (Å²) in [7, 11) is 0. The maximum absolute atomic E-state index is 14.3. The van der Waals surface area contributed by atoms with Gasteiger partial charge in [0.2, 0.25) is 0 Å². The summed E-state index contributed by atoms with van der Waals surface area (Å²) >= 11 is 0. The maximum Gasteiger partial charge on any atom is 0.346 e. The molecule has 3 rings (SSSR count). The number of rotatable bonds is 10. The van der Waals surface area contributed by atoms with Gasteiger partial charge in [0.05, 0.1) is 12.2 Å². The summed E-state index contributed by atoms with van der Waals surface area (Å²) in [5.41, 5.74) is 1.16. The molecule has 4 heteroatoms. The summed E-state index contributed by atoms with van der Waals surface area (Å²) in [4.78, 5) is 12.4. The first kappa shape index (κ1) is 22.3. The van der Waals surface area contributed by atoms with E-state index < -0.39 is 11.8 Å². The van der Waals surface area contributed by atoms with Gasteiger partial charge in [0.15, 0.2) is 0 Å². The molecule has 0 amide bonds. The molecular weight excluding hydrogens is 379 g/mol. The Morgan fingerprint density at radius 3 is 2.43 bits per heavy atom. The summed E-state index contributed by atoms with van der Waals surface area (Å²) in [5, 5.41) is 0. The van der Waals surface area contributed by atoms with Crippen LogP contribution < -0.4 is 9.47 Å². The number of carbonyl (C=O) groups excluding carboxylic acids is 1. The van der Waals surface area contributed by atoms with Crippen LogP contribution in [0.4, 0.5) is 4.39 Å². The zero-order valence-electron chi connectivity index (χ0n) is 18.0. The standard InChI is InChI=1S/C26H33FO3/c1-2-3-7-18-29-23-16-17-24(25(27)19-23)26(28)30-22-14-12-21(13-15-22)11-10-20-8-5-4-6-9-20/h12-17,19-20H,2-11,18H2,1H3. The van der Waals surface area contributed by atoms with E-state index >= 15 is 0 Å². The Morgan fingerprint density at radius 2 is 1.73 bits per heavy atom. The first-order valence-corrected chi connectivity index (χ1v) is 11.4. The predicted octanol–water partition coefficient (Wildman–Crippen LogP) is 7.13. The Kier molecular flexibility index (Phi) is 8.73. The van der Waals surface area contributed by atoms with Gasteiger partial charge in [-0.2, -0.15) is 0 Å². The molecule has 1 aliphatic rings. The van der Waals surface area contributed by atoms with Crippen molar-refractivity contribution < 1.29 is 18.7 Å². The molecule has 0 N–H and O–H groups in total. The van der Waals surface area contributed by atoms with Gasteiger partial charge in [-0.05, 0) is 55.0 Å². The molecule has 0 aliphatic heterocycles. The molecule has 0 aromatic heterocycles. The van der Waals surface area contributed by atoms with E-state index in [1.54, 1.807) is 18.2 Å². The van der Waals surface area contributed by atoms with Crippen molar-refractivity contribution in [3.63, 3.8) is 0 Å². The maximum atomic E-state index is 14.3. The van der Waals surface area contributed by atoms with E-state index in [2.05, 4.69) is 6.92 Å². The first-order valence-electron chi connectivity index (χ1n) is 11.4. The van der Waals surface area contributed by atoms with Gasteiger partial charge in [-0.3, -0.25) is 0 Å². The van der Waals surface area contributed by atoms with Crippen molar-refractivity contribution in [2.75, 3.05) is 6.61 Å². The van der Waals surface area contributed by atoms with Crippen molar-refractivity contribution in [3.05, 3.63) is 59.4 Å². The zero-order valence-corrected chi connectivity index (χ0v) is 18.0. The highest BCUT2D eigenvalue weighted by Gasteiger charge is 2.16. The van der Waals surface area contributed by atoms with Gasteiger partial charge < -0.3 is 9.47 Å². The molecule has 1 fully saturated rings. The molecule has 0 spiro atoms. The van der Waals surface area contributed by atoms with Crippen molar-refractivity contribution in [2.45, 2.75) is 71.1 Å². The third kappa shape index (κ3) is 6.86. The molecule has 0 unspecified atom stereocenters. The predicted molar refractivity (Wildman–Crippen MR) is 118 cm³/mol. The normalized spacial score (nSPS) is 14.5. The molecule has 1 aliphatic carbocycles. The van der Waals surface area contributed by atoms with Crippen LogP contribution in [0.3, 0.4) is 0 Å². The molecule has 0 radical (unpaired) electrons. The van der Waals surface area contributed by atoms with Gasteiger partial charge in [0.1, 0.15) is 17.3 Å². The van der Waals surface area contributed by atoms with Gasteiger partial charge in [0, 0.05) is 6.07 Å². The SMILES string of the molecule is CCCCCOc1ccc(C(=O)Oc2ccc(CCC3CCCCC3)cc2)c(F)c1. The quantitative estimate of drug-likeness (QED) is 0.237. The lowest BCUT2D eigenvalue weighted by molar-refractivity contribution is 0.0730. The highest BCUT2D eigenvalue weighted by atomic mass is 19.1. The van der Waals surface area contributed by atoms with Gasteiger partial charge >= 0.3 is 5.97 Å².